The number of carbonyl (C=O) groups excluding carboxylic acids is 1. The van der Waals surface area contributed by atoms with Gasteiger partial charge in [0.25, 0.3) is 0 Å². The van der Waals surface area contributed by atoms with Crippen LogP contribution in [0, 0.1) is 0 Å². The number of allylic oxidation sites excluding steroid dienone is 3. The number of amides is 1. The summed E-state index contributed by atoms with van der Waals surface area (Å²) in [5.41, 5.74) is 0. The number of hydrogen-bond donors (Lipinski definition) is 3. The van der Waals surface area contributed by atoms with Gasteiger partial charge in [0.05, 0.1) is 39.9 Å². The monoisotopic (exact) mass is 617 g/mol. The van der Waals surface area contributed by atoms with Crippen LogP contribution in [0.3, 0.4) is 0 Å². The first-order valence-electron chi connectivity index (χ1n) is 16.7. The molecule has 3 atom stereocenters. The second-order valence-electron chi connectivity index (χ2n) is 12.5. The Balaban J connectivity index is 4.70. The molecule has 0 saturated carbocycles. The van der Waals surface area contributed by atoms with Gasteiger partial charge in [-0.1, -0.05) is 115 Å². The quantitative estimate of drug-likeness (QED) is 0.0342. The predicted molar refractivity (Wildman–Crippen MR) is 175 cm³/mol. The van der Waals surface area contributed by atoms with E-state index in [4.69, 9.17) is 9.05 Å². The van der Waals surface area contributed by atoms with Crippen molar-refractivity contribution in [1.82, 2.24) is 5.32 Å². The highest BCUT2D eigenvalue weighted by molar-refractivity contribution is 7.47. The molecule has 0 bridgehead atoms. The van der Waals surface area contributed by atoms with Gasteiger partial charge in [0.1, 0.15) is 13.2 Å². The molecule has 42 heavy (non-hydrogen) atoms. The summed E-state index contributed by atoms with van der Waals surface area (Å²) < 4.78 is 23.3. The highest BCUT2D eigenvalue weighted by Crippen LogP contribution is 2.43. The zero-order chi connectivity index (χ0) is 31.5. The largest absolute Gasteiger partial charge is 0.472 e. The highest BCUT2D eigenvalue weighted by atomic mass is 31.2. The summed E-state index contributed by atoms with van der Waals surface area (Å²) in [5, 5.41) is 13.6. The summed E-state index contributed by atoms with van der Waals surface area (Å²) in [4.78, 5) is 22.8. The van der Waals surface area contributed by atoms with Gasteiger partial charge in [-0.15, -0.1) is 0 Å². The average Bonchev–Trinajstić information content (AvgIpc) is 2.92. The highest BCUT2D eigenvalue weighted by Gasteiger charge is 2.27. The first-order chi connectivity index (χ1) is 20.0. The Hall–Kier alpha value is -1.02. The molecule has 1 unspecified atom stereocenters. The summed E-state index contributed by atoms with van der Waals surface area (Å²) in [6.07, 6.45) is 26.8. The first kappa shape index (κ1) is 41.0. The van der Waals surface area contributed by atoms with Crippen molar-refractivity contribution in [3.05, 3.63) is 24.3 Å². The SMILES string of the molecule is CCCCCCC/C=C/CC/C=C/[C@@H](O)[C@H](COP(=O)(O)OCC[N+](C)(C)C)NC(=O)CCCCCCCCCCC. The van der Waals surface area contributed by atoms with Crippen LogP contribution in [0.1, 0.15) is 129 Å². The molecule has 0 aliphatic carbocycles. The molecule has 3 N–H and O–H groups in total. The van der Waals surface area contributed by atoms with Crippen molar-refractivity contribution in [1.29, 1.82) is 0 Å². The first-order valence-corrected chi connectivity index (χ1v) is 18.2. The second-order valence-corrected chi connectivity index (χ2v) is 14.0. The molecular formula is C33H66N2O6P+. The Morgan fingerprint density at radius 2 is 1.31 bits per heavy atom. The van der Waals surface area contributed by atoms with E-state index in [9.17, 15) is 19.4 Å². The van der Waals surface area contributed by atoms with Crippen molar-refractivity contribution < 1.29 is 32.9 Å². The number of quaternary nitrogens is 1. The van der Waals surface area contributed by atoms with Crippen LogP contribution in [0.5, 0.6) is 0 Å². The molecule has 8 nitrogen and oxygen atoms in total. The Labute approximate surface area is 258 Å². The van der Waals surface area contributed by atoms with Gasteiger partial charge < -0.3 is 19.8 Å². The molecule has 0 heterocycles. The van der Waals surface area contributed by atoms with Gasteiger partial charge in [0, 0.05) is 6.42 Å². The van der Waals surface area contributed by atoms with Crippen LogP contribution >= 0.6 is 7.82 Å². The van der Waals surface area contributed by atoms with Crippen LogP contribution in [0.25, 0.3) is 0 Å². The number of carbonyl (C=O) groups is 1. The van der Waals surface area contributed by atoms with E-state index in [1.165, 1.54) is 70.6 Å². The van der Waals surface area contributed by atoms with Gasteiger partial charge in [-0.3, -0.25) is 13.8 Å². The number of unbranched alkanes of at least 4 members (excludes halogenated alkanes) is 14. The van der Waals surface area contributed by atoms with Crippen molar-refractivity contribution in [2.24, 2.45) is 0 Å². The van der Waals surface area contributed by atoms with E-state index >= 15 is 0 Å². The van der Waals surface area contributed by atoms with Crippen LogP contribution < -0.4 is 5.32 Å². The van der Waals surface area contributed by atoms with E-state index in [1.54, 1.807) is 6.08 Å². The molecule has 0 rings (SSSR count). The number of rotatable bonds is 29. The summed E-state index contributed by atoms with van der Waals surface area (Å²) in [6.45, 7) is 4.70. The Morgan fingerprint density at radius 3 is 1.90 bits per heavy atom. The Bertz CT molecular complexity index is 753. The lowest BCUT2D eigenvalue weighted by Gasteiger charge is -2.25. The van der Waals surface area contributed by atoms with Gasteiger partial charge in [0.15, 0.2) is 0 Å². The van der Waals surface area contributed by atoms with Crippen LogP contribution in [-0.2, 0) is 18.4 Å². The number of aliphatic hydroxyl groups is 1. The lowest BCUT2D eigenvalue weighted by atomic mass is 10.1. The van der Waals surface area contributed by atoms with Crippen molar-refractivity contribution in [3.63, 3.8) is 0 Å². The number of phosphoric acid groups is 1. The molecule has 0 aliphatic rings. The van der Waals surface area contributed by atoms with E-state index in [1.807, 2.05) is 27.2 Å². The van der Waals surface area contributed by atoms with Crippen LogP contribution in [-0.4, -0.2) is 73.4 Å². The van der Waals surface area contributed by atoms with E-state index in [2.05, 4.69) is 31.3 Å². The van der Waals surface area contributed by atoms with Gasteiger partial charge in [0.2, 0.25) is 5.91 Å². The smallest absolute Gasteiger partial charge is 0.387 e. The molecule has 0 fully saturated rings. The molecule has 1 amide bonds. The third-order valence-electron chi connectivity index (χ3n) is 7.17. The second kappa shape index (κ2) is 26.4. The van der Waals surface area contributed by atoms with E-state index in [0.29, 0.717) is 17.4 Å². The molecule has 0 spiro atoms. The maximum atomic E-state index is 12.7. The number of hydrogen-bond acceptors (Lipinski definition) is 5. The molecule has 0 aromatic heterocycles. The van der Waals surface area contributed by atoms with Crippen molar-refractivity contribution >= 4 is 13.7 Å². The summed E-state index contributed by atoms with van der Waals surface area (Å²) in [7, 11) is 1.55. The zero-order valence-electron chi connectivity index (χ0n) is 27.7. The van der Waals surface area contributed by atoms with E-state index in [-0.39, 0.29) is 19.1 Å². The number of nitrogens with zero attached hydrogens (tertiary/aromatic N) is 1. The minimum absolute atomic E-state index is 0.0572. The maximum absolute atomic E-state index is 12.7. The van der Waals surface area contributed by atoms with Gasteiger partial charge in [-0.2, -0.15) is 0 Å². The summed E-state index contributed by atoms with van der Waals surface area (Å²) >= 11 is 0. The standard InChI is InChI=1S/C33H65N2O6P/c1-6-8-10-12-14-16-17-19-20-22-24-26-32(36)31(30-41-42(38,39)40-29-28-35(3,4)5)34-33(37)27-25-23-21-18-15-13-11-9-7-2/h17,19,24,26,31-32,36H,6-16,18,20-23,25,27-30H2,1-5H3,(H-,34,37,38,39)/p+1/b19-17+,26-24+/t31-,32+/m0/s1. The topological polar surface area (TPSA) is 105 Å². The molecule has 0 radical (unpaired) electrons. The van der Waals surface area contributed by atoms with Crippen LogP contribution in [0.15, 0.2) is 24.3 Å². The minimum atomic E-state index is -4.32. The number of likely N-dealkylation sites (N-methyl/N-ethyl adjacent to an activating group) is 1. The lowest BCUT2D eigenvalue weighted by molar-refractivity contribution is -0.870. The van der Waals surface area contributed by atoms with E-state index in [0.717, 1.165) is 38.5 Å². The van der Waals surface area contributed by atoms with Crippen molar-refractivity contribution in [2.45, 2.75) is 142 Å². The van der Waals surface area contributed by atoms with Gasteiger partial charge >= 0.3 is 7.82 Å². The summed E-state index contributed by atoms with van der Waals surface area (Å²) in [6, 6.07) is -0.853. The third kappa shape index (κ3) is 27.8. The molecule has 0 aromatic carbocycles. The number of phosphoric ester groups is 1. The Morgan fingerprint density at radius 1 is 0.786 bits per heavy atom. The minimum Gasteiger partial charge on any atom is -0.387 e. The molecular weight excluding hydrogens is 551 g/mol. The normalized spacial score (nSPS) is 15.3. The summed E-state index contributed by atoms with van der Waals surface area (Å²) in [5.74, 6) is -0.195. The lowest BCUT2D eigenvalue weighted by Crippen LogP contribution is -2.45. The molecule has 0 aromatic rings. The maximum Gasteiger partial charge on any atom is 0.472 e. The van der Waals surface area contributed by atoms with Crippen molar-refractivity contribution in [2.75, 3.05) is 40.9 Å². The van der Waals surface area contributed by atoms with Gasteiger partial charge in [-0.05, 0) is 32.1 Å². The fourth-order valence-corrected chi connectivity index (χ4v) is 5.14. The fraction of sp³-hybridized carbons (Fsp3) is 0.848. The van der Waals surface area contributed by atoms with Gasteiger partial charge in [-0.25, -0.2) is 4.57 Å². The average molecular weight is 618 g/mol. The van der Waals surface area contributed by atoms with Crippen LogP contribution in [0.4, 0.5) is 0 Å². The van der Waals surface area contributed by atoms with Crippen molar-refractivity contribution in [3.8, 4) is 0 Å². The molecule has 0 saturated heterocycles. The third-order valence-corrected chi connectivity index (χ3v) is 8.16. The molecule has 9 heteroatoms. The Kier molecular flexibility index (Phi) is 25.7. The molecule has 248 valence electrons. The molecule has 0 aliphatic heterocycles. The van der Waals surface area contributed by atoms with E-state index < -0.39 is 20.0 Å². The number of nitrogens with one attached hydrogen (secondary N) is 1. The zero-order valence-corrected chi connectivity index (χ0v) is 28.6. The number of aliphatic hydroxyl groups excluding tert-OH is 1. The predicted octanol–water partition coefficient (Wildman–Crippen LogP) is 7.85. The van der Waals surface area contributed by atoms with Crippen LogP contribution in [0.2, 0.25) is 0 Å². The fourth-order valence-electron chi connectivity index (χ4n) is 4.41.